The molecule has 1 aromatic heterocycles. The number of carbonyl (C=O) groups excluding carboxylic acids is 1. The Morgan fingerprint density at radius 3 is 2.91 bits per heavy atom. The van der Waals surface area contributed by atoms with E-state index in [1.54, 1.807) is 17.8 Å². The summed E-state index contributed by atoms with van der Waals surface area (Å²) in [5, 5.41) is 6.88. The molecule has 124 valence electrons. The molecule has 0 bridgehead atoms. The zero-order chi connectivity index (χ0) is 16.2. The van der Waals surface area contributed by atoms with Crippen LogP contribution in [0.15, 0.2) is 18.5 Å². The van der Waals surface area contributed by atoms with Crippen LogP contribution >= 0.6 is 0 Å². The maximum absolute atomic E-state index is 12.3. The minimum Gasteiger partial charge on any atom is -0.363 e. The van der Waals surface area contributed by atoms with Crippen LogP contribution in [0.25, 0.3) is 0 Å². The highest BCUT2D eigenvalue weighted by molar-refractivity contribution is 7.88. The Morgan fingerprint density at radius 2 is 2.27 bits per heavy atom. The Labute approximate surface area is 130 Å². The Morgan fingerprint density at radius 1 is 1.50 bits per heavy atom. The number of amides is 1. The summed E-state index contributed by atoms with van der Waals surface area (Å²) >= 11 is 0. The number of nitrogens with one attached hydrogen (secondary N) is 1. The van der Waals surface area contributed by atoms with Crippen molar-refractivity contribution in [3.63, 3.8) is 0 Å². The molecule has 1 unspecified atom stereocenters. The molecule has 2 rings (SSSR count). The van der Waals surface area contributed by atoms with Crippen LogP contribution in [0.1, 0.15) is 13.3 Å². The fourth-order valence-electron chi connectivity index (χ4n) is 2.32. The second kappa shape index (κ2) is 6.76. The maximum atomic E-state index is 12.3. The van der Waals surface area contributed by atoms with Crippen molar-refractivity contribution in [1.29, 1.82) is 0 Å². The second-order valence-corrected chi connectivity index (χ2v) is 7.54. The van der Waals surface area contributed by atoms with Crippen LogP contribution in [0.5, 0.6) is 0 Å². The second-order valence-electron chi connectivity index (χ2n) is 5.55. The van der Waals surface area contributed by atoms with Gasteiger partial charge in [-0.3, -0.25) is 9.48 Å². The SMILES string of the molecule is CC1(C(=O)NCCCn2cccn2)CN(S(C)(=O)=O)CCO1. The number of aromatic nitrogens is 2. The first kappa shape index (κ1) is 16.9. The molecule has 0 spiro atoms. The van der Waals surface area contributed by atoms with Crippen LogP contribution in [0.3, 0.4) is 0 Å². The minimum absolute atomic E-state index is 0.0385. The topological polar surface area (TPSA) is 93.5 Å². The summed E-state index contributed by atoms with van der Waals surface area (Å²) < 4.78 is 31.8. The maximum Gasteiger partial charge on any atom is 0.253 e. The van der Waals surface area contributed by atoms with E-state index in [9.17, 15) is 13.2 Å². The van der Waals surface area contributed by atoms with Crippen molar-refractivity contribution in [2.75, 3.05) is 32.5 Å². The number of morpholine rings is 1. The Hall–Kier alpha value is -1.45. The van der Waals surface area contributed by atoms with Gasteiger partial charge in [0.05, 0.1) is 19.4 Å². The van der Waals surface area contributed by atoms with E-state index >= 15 is 0 Å². The summed E-state index contributed by atoms with van der Waals surface area (Å²) in [6.07, 6.45) is 5.44. The van der Waals surface area contributed by atoms with Crippen molar-refractivity contribution in [1.82, 2.24) is 19.4 Å². The van der Waals surface area contributed by atoms with E-state index in [1.807, 2.05) is 12.3 Å². The molecule has 9 heteroatoms. The van der Waals surface area contributed by atoms with Crippen LogP contribution in [0, 0.1) is 0 Å². The summed E-state index contributed by atoms with van der Waals surface area (Å²) in [5.41, 5.74) is -1.15. The van der Waals surface area contributed by atoms with Crippen LogP contribution in [0.4, 0.5) is 0 Å². The van der Waals surface area contributed by atoms with Gasteiger partial charge in [0.15, 0.2) is 5.60 Å². The van der Waals surface area contributed by atoms with Crippen molar-refractivity contribution in [2.24, 2.45) is 0 Å². The molecule has 0 saturated carbocycles. The van der Waals surface area contributed by atoms with Crippen LogP contribution in [-0.4, -0.2) is 66.5 Å². The highest BCUT2D eigenvalue weighted by atomic mass is 32.2. The molecule has 1 amide bonds. The Bertz CT molecular complexity index is 602. The molecule has 1 N–H and O–H groups in total. The zero-order valence-corrected chi connectivity index (χ0v) is 13.7. The molecule has 8 nitrogen and oxygen atoms in total. The average molecular weight is 330 g/mol. The lowest BCUT2D eigenvalue weighted by Gasteiger charge is -2.37. The van der Waals surface area contributed by atoms with E-state index in [0.29, 0.717) is 13.1 Å². The molecular formula is C13H22N4O4S. The third kappa shape index (κ3) is 4.28. The fraction of sp³-hybridized carbons (Fsp3) is 0.692. The van der Waals surface area contributed by atoms with Gasteiger partial charge in [-0.2, -0.15) is 9.40 Å². The molecule has 1 saturated heterocycles. The molecule has 1 fully saturated rings. The van der Waals surface area contributed by atoms with Crippen LogP contribution < -0.4 is 5.32 Å². The number of hydrogen-bond acceptors (Lipinski definition) is 5. The molecule has 0 aliphatic carbocycles. The summed E-state index contributed by atoms with van der Waals surface area (Å²) in [6, 6.07) is 1.84. The van der Waals surface area contributed by atoms with E-state index in [0.717, 1.165) is 12.7 Å². The lowest BCUT2D eigenvalue weighted by Crippen LogP contribution is -2.59. The number of carbonyl (C=O) groups is 1. The van der Waals surface area contributed by atoms with Gasteiger partial charge in [0.2, 0.25) is 10.0 Å². The first-order valence-corrected chi connectivity index (χ1v) is 9.01. The van der Waals surface area contributed by atoms with Gasteiger partial charge in [-0.05, 0) is 19.4 Å². The van der Waals surface area contributed by atoms with Crippen molar-refractivity contribution in [2.45, 2.75) is 25.5 Å². The molecule has 1 aromatic rings. The van der Waals surface area contributed by atoms with Crippen molar-refractivity contribution in [3.05, 3.63) is 18.5 Å². The summed E-state index contributed by atoms with van der Waals surface area (Å²) in [5.74, 6) is -0.290. The lowest BCUT2D eigenvalue weighted by atomic mass is 10.0. The van der Waals surface area contributed by atoms with Gasteiger partial charge < -0.3 is 10.1 Å². The molecule has 1 aliphatic heterocycles. The molecule has 1 aliphatic rings. The smallest absolute Gasteiger partial charge is 0.253 e. The highest BCUT2D eigenvalue weighted by Crippen LogP contribution is 2.19. The van der Waals surface area contributed by atoms with Gasteiger partial charge in [-0.1, -0.05) is 0 Å². The van der Waals surface area contributed by atoms with E-state index in [-0.39, 0.29) is 25.6 Å². The molecular weight excluding hydrogens is 308 g/mol. The van der Waals surface area contributed by atoms with Gasteiger partial charge in [0.1, 0.15) is 0 Å². The summed E-state index contributed by atoms with van der Waals surface area (Å²) in [7, 11) is -3.32. The average Bonchev–Trinajstić information content (AvgIpc) is 2.95. The van der Waals surface area contributed by atoms with Gasteiger partial charge >= 0.3 is 0 Å². The lowest BCUT2D eigenvalue weighted by molar-refractivity contribution is -0.152. The van der Waals surface area contributed by atoms with E-state index in [4.69, 9.17) is 4.74 Å². The van der Waals surface area contributed by atoms with Crippen LogP contribution in [0.2, 0.25) is 0 Å². The number of sulfonamides is 1. The highest BCUT2D eigenvalue weighted by Gasteiger charge is 2.41. The monoisotopic (exact) mass is 330 g/mol. The van der Waals surface area contributed by atoms with Gasteiger partial charge in [-0.15, -0.1) is 0 Å². The molecule has 22 heavy (non-hydrogen) atoms. The Balaban J connectivity index is 1.82. The van der Waals surface area contributed by atoms with Gasteiger partial charge in [-0.25, -0.2) is 8.42 Å². The standard InChI is InChI=1S/C13H22N4O4S/c1-13(11-17(9-10-21-13)22(2,19)20)12(18)14-5-3-7-16-8-4-6-15-16/h4,6,8H,3,5,7,9-11H2,1-2H3,(H,14,18). The van der Waals surface area contributed by atoms with E-state index in [1.165, 1.54) is 4.31 Å². The quantitative estimate of drug-likeness (QED) is 0.706. The van der Waals surface area contributed by atoms with Gasteiger partial charge in [0, 0.05) is 32.0 Å². The molecule has 2 heterocycles. The third-order valence-electron chi connectivity index (χ3n) is 3.60. The van der Waals surface area contributed by atoms with Crippen molar-refractivity contribution in [3.8, 4) is 0 Å². The number of aryl methyl sites for hydroxylation is 1. The van der Waals surface area contributed by atoms with Crippen molar-refractivity contribution < 1.29 is 17.9 Å². The largest absolute Gasteiger partial charge is 0.363 e. The summed E-state index contributed by atoms with van der Waals surface area (Å²) in [4.78, 5) is 12.3. The number of rotatable bonds is 6. The third-order valence-corrected chi connectivity index (χ3v) is 4.85. The van der Waals surface area contributed by atoms with Gasteiger partial charge in [0.25, 0.3) is 5.91 Å². The van der Waals surface area contributed by atoms with E-state index < -0.39 is 15.6 Å². The fourth-order valence-corrected chi connectivity index (χ4v) is 3.20. The Kier molecular flexibility index (Phi) is 5.20. The van der Waals surface area contributed by atoms with Crippen LogP contribution in [-0.2, 0) is 26.1 Å². The number of hydrogen-bond donors (Lipinski definition) is 1. The zero-order valence-electron chi connectivity index (χ0n) is 12.9. The molecule has 0 aromatic carbocycles. The first-order valence-electron chi connectivity index (χ1n) is 7.16. The molecule has 1 atom stereocenters. The van der Waals surface area contributed by atoms with Crippen molar-refractivity contribution >= 4 is 15.9 Å². The number of nitrogens with zero attached hydrogens (tertiary/aromatic N) is 3. The molecule has 0 radical (unpaired) electrons. The van der Waals surface area contributed by atoms with E-state index in [2.05, 4.69) is 10.4 Å². The predicted molar refractivity (Wildman–Crippen MR) is 80.6 cm³/mol. The minimum atomic E-state index is -3.32. The first-order chi connectivity index (χ1) is 10.3. The number of ether oxygens (including phenoxy) is 1. The predicted octanol–water partition coefficient (Wildman–Crippen LogP) is -0.560. The summed E-state index contributed by atoms with van der Waals surface area (Å²) in [6.45, 7) is 3.34. The normalized spacial score (nSPS) is 23.4.